The molecule has 1 heterocycles. The van der Waals surface area contributed by atoms with E-state index in [4.69, 9.17) is 32.7 Å². The SMILES string of the molecule is C\C=C/C(=C\C=N\CCOCCCl)CCc1cc[n+](CCOCCCl)cc1. The Balaban J connectivity index is 2.40. The average molecular weight is 414 g/mol. The smallest absolute Gasteiger partial charge is 0.171 e. The fourth-order valence-corrected chi connectivity index (χ4v) is 2.57. The van der Waals surface area contributed by atoms with Crippen molar-refractivity contribution in [3.05, 3.63) is 53.9 Å². The second kappa shape index (κ2) is 16.9. The van der Waals surface area contributed by atoms with Gasteiger partial charge in [0.2, 0.25) is 0 Å². The van der Waals surface area contributed by atoms with Crippen LogP contribution < -0.4 is 4.57 Å². The van der Waals surface area contributed by atoms with Gasteiger partial charge in [-0.1, -0.05) is 12.2 Å². The van der Waals surface area contributed by atoms with E-state index >= 15 is 0 Å². The van der Waals surface area contributed by atoms with Crippen LogP contribution in [0.5, 0.6) is 0 Å². The van der Waals surface area contributed by atoms with Crippen LogP contribution in [-0.4, -0.2) is 50.9 Å². The minimum Gasteiger partial charge on any atom is -0.378 e. The standard InChI is InChI=1S/C21H31Cl2N2O2/c1-2-3-20(6-11-24-12-18-26-16-9-22)4-5-21-7-13-25(14-8-21)15-19-27-17-10-23/h2-3,6-8,11,13-14H,4-5,9-10,12,15-19H2,1H3/q+1/b3-2-,20-6+,24-11+. The molecule has 1 aromatic heterocycles. The van der Waals surface area contributed by atoms with Gasteiger partial charge in [-0.05, 0) is 37.0 Å². The van der Waals surface area contributed by atoms with Crippen molar-refractivity contribution in [1.82, 2.24) is 0 Å². The zero-order chi connectivity index (χ0) is 19.6. The van der Waals surface area contributed by atoms with Crippen molar-refractivity contribution in [2.45, 2.75) is 26.3 Å². The summed E-state index contributed by atoms with van der Waals surface area (Å²) in [6.07, 6.45) is 14.3. The molecule has 6 heteroatoms. The Morgan fingerprint density at radius 1 is 1.07 bits per heavy atom. The summed E-state index contributed by atoms with van der Waals surface area (Å²) >= 11 is 11.1. The van der Waals surface area contributed by atoms with Gasteiger partial charge in [0.05, 0.1) is 26.4 Å². The van der Waals surface area contributed by atoms with Gasteiger partial charge in [0.15, 0.2) is 18.9 Å². The highest BCUT2D eigenvalue weighted by molar-refractivity contribution is 6.18. The zero-order valence-corrected chi connectivity index (χ0v) is 17.7. The summed E-state index contributed by atoms with van der Waals surface area (Å²) in [5, 5.41) is 0. The molecule has 1 rings (SSSR count). The van der Waals surface area contributed by atoms with E-state index in [-0.39, 0.29) is 0 Å². The topological polar surface area (TPSA) is 34.7 Å². The maximum Gasteiger partial charge on any atom is 0.171 e. The van der Waals surface area contributed by atoms with Gasteiger partial charge in [-0.25, -0.2) is 4.57 Å². The van der Waals surface area contributed by atoms with E-state index in [1.165, 1.54) is 11.1 Å². The minimum absolute atomic E-state index is 0.524. The summed E-state index contributed by atoms with van der Waals surface area (Å²) in [7, 11) is 0. The number of hydrogen-bond acceptors (Lipinski definition) is 3. The van der Waals surface area contributed by atoms with Crippen molar-refractivity contribution in [3.63, 3.8) is 0 Å². The van der Waals surface area contributed by atoms with E-state index in [0.717, 1.165) is 19.4 Å². The first-order valence-electron chi connectivity index (χ1n) is 9.37. The molecule has 0 bridgehead atoms. The summed E-state index contributed by atoms with van der Waals surface area (Å²) in [6, 6.07) is 4.33. The molecule has 0 aromatic carbocycles. The molecule has 150 valence electrons. The average Bonchev–Trinajstić information content (AvgIpc) is 2.69. The normalized spacial score (nSPS) is 12.5. The molecule has 0 N–H and O–H groups in total. The lowest BCUT2D eigenvalue weighted by molar-refractivity contribution is -0.698. The number of nitrogens with zero attached hydrogens (tertiary/aromatic N) is 2. The lowest BCUT2D eigenvalue weighted by Crippen LogP contribution is -2.35. The number of allylic oxidation sites excluding steroid dienone is 4. The Hall–Kier alpha value is -1.20. The van der Waals surface area contributed by atoms with Crippen LogP contribution in [0.15, 0.2) is 53.3 Å². The molecular weight excluding hydrogens is 383 g/mol. The molecule has 0 saturated heterocycles. The van der Waals surface area contributed by atoms with Gasteiger partial charge in [-0.3, -0.25) is 4.99 Å². The lowest BCUT2D eigenvalue weighted by Gasteiger charge is -2.03. The Morgan fingerprint density at radius 2 is 1.78 bits per heavy atom. The van der Waals surface area contributed by atoms with Gasteiger partial charge in [-0.15, -0.1) is 23.2 Å². The molecule has 0 unspecified atom stereocenters. The van der Waals surface area contributed by atoms with Gasteiger partial charge in [-0.2, -0.15) is 0 Å². The largest absolute Gasteiger partial charge is 0.378 e. The Labute approximate surface area is 173 Å². The summed E-state index contributed by atoms with van der Waals surface area (Å²) in [5.41, 5.74) is 2.57. The number of ether oxygens (including phenoxy) is 2. The highest BCUT2D eigenvalue weighted by Crippen LogP contribution is 2.09. The number of alkyl halides is 2. The molecule has 1 aromatic rings. The minimum atomic E-state index is 0.524. The molecule has 0 amide bonds. The van der Waals surface area contributed by atoms with Gasteiger partial charge in [0, 0.05) is 30.1 Å². The number of hydrogen-bond donors (Lipinski definition) is 0. The van der Waals surface area contributed by atoms with E-state index < -0.39 is 0 Å². The predicted octanol–water partition coefficient (Wildman–Crippen LogP) is 3.99. The van der Waals surface area contributed by atoms with E-state index in [0.29, 0.717) is 44.7 Å². The third-order valence-corrected chi connectivity index (χ3v) is 4.05. The maximum absolute atomic E-state index is 5.59. The quantitative estimate of drug-likeness (QED) is 0.143. The first-order valence-corrected chi connectivity index (χ1v) is 10.4. The van der Waals surface area contributed by atoms with E-state index in [2.05, 4.69) is 52.3 Å². The summed E-state index contributed by atoms with van der Waals surface area (Å²) in [5.74, 6) is 1.06. The van der Waals surface area contributed by atoms with Crippen molar-refractivity contribution < 1.29 is 14.0 Å². The van der Waals surface area contributed by atoms with Gasteiger partial charge in [0.25, 0.3) is 0 Å². The maximum atomic E-state index is 5.59. The fraction of sp³-hybridized carbons (Fsp3) is 0.524. The van der Waals surface area contributed by atoms with Gasteiger partial charge in [0.1, 0.15) is 6.61 Å². The molecule has 0 saturated carbocycles. The number of halogens is 2. The number of pyridine rings is 1. The Kier molecular flexibility index (Phi) is 15.0. The summed E-state index contributed by atoms with van der Waals surface area (Å²) < 4.78 is 12.8. The third-order valence-electron chi connectivity index (χ3n) is 3.74. The molecule has 0 atom stereocenters. The van der Waals surface area contributed by atoms with Crippen LogP contribution in [-0.2, 0) is 22.4 Å². The van der Waals surface area contributed by atoms with Crippen molar-refractivity contribution in [2.24, 2.45) is 4.99 Å². The van der Waals surface area contributed by atoms with Crippen LogP contribution in [0.4, 0.5) is 0 Å². The molecule has 0 aliphatic rings. The summed E-state index contributed by atoms with van der Waals surface area (Å²) in [4.78, 5) is 4.35. The van der Waals surface area contributed by atoms with E-state index in [1.54, 1.807) is 0 Å². The highest BCUT2D eigenvalue weighted by Gasteiger charge is 2.02. The molecule has 0 aliphatic heterocycles. The Bertz CT molecular complexity index is 572. The summed E-state index contributed by atoms with van der Waals surface area (Å²) in [6.45, 7) is 5.99. The number of aliphatic imine (C=N–C) groups is 1. The van der Waals surface area contributed by atoms with Crippen LogP contribution in [0.2, 0.25) is 0 Å². The zero-order valence-electron chi connectivity index (χ0n) is 16.2. The molecule has 27 heavy (non-hydrogen) atoms. The van der Waals surface area contributed by atoms with Crippen molar-refractivity contribution >= 4 is 29.4 Å². The number of aryl methyl sites for hydroxylation is 1. The fourth-order valence-electron chi connectivity index (χ4n) is 2.35. The molecular formula is C21H31Cl2N2O2+. The molecule has 0 radical (unpaired) electrons. The van der Waals surface area contributed by atoms with Crippen molar-refractivity contribution in [3.8, 4) is 0 Å². The van der Waals surface area contributed by atoms with Crippen LogP contribution in [0.3, 0.4) is 0 Å². The monoisotopic (exact) mass is 413 g/mol. The highest BCUT2D eigenvalue weighted by atomic mass is 35.5. The van der Waals surface area contributed by atoms with Crippen LogP contribution in [0.1, 0.15) is 18.9 Å². The lowest BCUT2D eigenvalue weighted by atomic mass is 10.0. The Morgan fingerprint density at radius 3 is 2.44 bits per heavy atom. The van der Waals surface area contributed by atoms with Gasteiger partial charge >= 0.3 is 0 Å². The third kappa shape index (κ3) is 12.7. The molecule has 0 aliphatic carbocycles. The van der Waals surface area contributed by atoms with E-state index in [9.17, 15) is 0 Å². The second-order valence-corrected chi connectivity index (χ2v) is 6.60. The molecule has 0 spiro atoms. The molecule has 4 nitrogen and oxygen atoms in total. The van der Waals surface area contributed by atoms with Crippen molar-refractivity contribution in [2.75, 3.05) is 44.7 Å². The van der Waals surface area contributed by atoms with Gasteiger partial charge < -0.3 is 9.47 Å². The first kappa shape index (κ1) is 23.8. The van der Waals surface area contributed by atoms with Crippen LogP contribution in [0.25, 0.3) is 0 Å². The number of rotatable bonds is 15. The van der Waals surface area contributed by atoms with Crippen LogP contribution in [0, 0.1) is 0 Å². The number of aromatic nitrogens is 1. The van der Waals surface area contributed by atoms with Crippen molar-refractivity contribution in [1.29, 1.82) is 0 Å². The van der Waals surface area contributed by atoms with Crippen LogP contribution >= 0.6 is 23.2 Å². The molecule has 0 fully saturated rings. The van der Waals surface area contributed by atoms with E-state index in [1.807, 2.05) is 13.1 Å². The predicted molar refractivity (Wildman–Crippen MR) is 114 cm³/mol. The first-order chi connectivity index (χ1) is 13.3. The second-order valence-electron chi connectivity index (χ2n) is 5.84.